The number of ether oxygens (including phenoxy) is 3. The second-order valence-electron chi connectivity index (χ2n) is 8.74. The third kappa shape index (κ3) is 2.99. The van der Waals surface area contributed by atoms with Crippen molar-refractivity contribution in [1.82, 2.24) is 5.32 Å². The van der Waals surface area contributed by atoms with Crippen LogP contribution in [0, 0.1) is 11.8 Å². The van der Waals surface area contributed by atoms with Gasteiger partial charge in [0, 0.05) is 18.3 Å². The molecule has 2 fully saturated rings. The third-order valence-electron chi connectivity index (χ3n) is 6.86. The highest BCUT2D eigenvalue weighted by Gasteiger charge is 2.67. The smallest absolute Gasteiger partial charge is 0.234 e. The van der Waals surface area contributed by atoms with Crippen LogP contribution in [0.3, 0.4) is 0 Å². The number of fused-ring (bicyclic) bond motifs is 2. The van der Waals surface area contributed by atoms with Crippen LogP contribution in [0.2, 0.25) is 0 Å². The lowest BCUT2D eigenvalue weighted by Crippen LogP contribution is -2.44. The zero-order valence-corrected chi connectivity index (χ0v) is 17.5. The summed E-state index contributed by atoms with van der Waals surface area (Å²) in [6, 6.07) is 15.7. The molecule has 2 amide bonds. The number of amides is 2. The minimum absolute atomic E-state index is 0.0832. The highest BCUT2D eigenvalue weighted by Crippen LogP contribution is 2.53. The number of carbonyl (C=O) groups excluding carboxylic acids is 2. The van der Waals surface area contributed by atoms with Gasteiger partial charge in [-0.25, -0.2) is 0 Å². The Morgan fingerprint density at radius 3 is 2.84 bits per heavy atom. The third-order valence-corrected chi connectivity index (χ3v) is 6.86. The molecule has 164 valence electrons. The molecule has 32 heavy (non-hydrogen) atoms. The van der Waals surface area contributed by atoms with E-state index >= 15 is 0 Å². The molecule has 0 aliphatic carbocycles. The second-order valence-corrected chi connectivity index (χ2v) is 8.74. The van der Waals surface area contributed by atoms with Crippen molar-refractivity contribution in [2.75, 3.05) is 24.8 Å². The molecule has 2 bridgehead atoms. The number of benzene rings is 2. The fraction of sp³-hybridized carbons (Fsp3) is 0.360. The maximum absolute atomic E-state index is 13.5. The van der Waals surface area contributed by atoms with Crippen molar-refractivity contribution in [2.45, 2.75) is 24.5 Å². The van der Waals surface area contributed by atoms with Crippen molar-refractivity contribution >= 4 is 17.5 Å². The van der Waals surface area contributed by atoms with E-state index in [1.165, 1.54) is 5.56 Å². The van der Waals surface area contributed by atoms with Gasteiger partial charge in [-0.3, -0.25) is 9.59 Å². The van der Waals surface area contributed by atoms with Gasteiger partial charge in [-0.15, -0.1) is 0 Å². The zero-order valence-electron chi connectivity index (χ0n) is 17.5. The molecule has 4 aliphatic rings. The molecule has 0 aromatic heterocycles. The molecule has 7 heteroatoms. The van der Waals surface area contributed by atoms with Gasteiger partial charge in [0.1, 0.15) is 5.60 Å². The minimum atomic E-state index is -0.746. The van der Waals surface area contributed by atoms with E-state index in [2.05, 4.69) is 17.4 Å². The predicted octanol–water partition coefficient (Wildman–Crippen LogP) is 2.45. The van der Waals surface area contributed by atoms with Crippen molar-refractivity contribution in [3.05, 3.63) is 66.2 Å². The maximum atomic E-state index is 13.5. The molecule has 4 atom stereocenters. The summed E-state index contributed by atoms with van der Waals surface area (Å²) >= 11 is 0. The average Bonchev–Trinajstić information content (AvgIpc) is 3.57. The van der Waals surface area contributed by atoms with Gasteiger partial charge in [0.25, 0.3) is 0 Å². The van der Waals surface area contributed by atoms with Gasteiger partial charge < -0.3 is 24.4 Å². The molecule has 1 spiro atoms. The summed E-state index contributed by atoms with van der Waals surface area (Å²) in [6.07, 6.45) is 5.29. The average molecular weight is 432 g/mol. The largest absolute Gasteiger partial charge is 0.454 e. The summed E-state index contributed by atoms with van der Waals surface area (Å²) < 4.78 is 17.1. The first-order valence-corrected chi connectivity index (χ1v) is 11.0. The number of hydrogen-bond acceptors (Lipinski definition) is 5. The van der Waals surface area contributed by atoms with E-state index in [4.69, 9.17) is 14.2 Å². The molecule has 6 rings (SSSR count). The molecule has 0 radical (unpaired) electrons. The van der Waals surface area contributed by atoms with E-state index in [0.717, 1.165) is 18.5 Å². The van der Waals surface area contributed by atoms with E-state index in [0.29, 0.717) is 24.6 Å². The number of aryl methyl sites for hydroxylation is 1. The number of nitrogens with zero attached hydrogens (tertiary/aromatic N) is 1. The molecule has 2 saturated heterocycles. The molecule has 0 unspecified atom stereocenters. The van der Waals surface area contributed by atoms with E-state index in [9.17, 15) is 9.59 Å². The van der Waals surface area contributed by atoms with Gasteiger partial charge in [0.2, 0.25) is 18.6 Å². The van der Waals surface area contributed by atoms with Gasteiger partial charge in [0.15, 0.2) is 11.5 Å². The zero-order chi connectivity index (χ0) is 21.7. The first kappa shape index (κ1) is 19.4. The maximum Gasteiger partial charge on any atom is 0.234 e. The van der Waals surface area contributed by atoms with Gasteiger partial charge in [-0.1, -0.05) is 42.5 Å². The lowest BCUT2D eigenvalue weighted by Gasteiger charge is -2.23. The minimum Gasteiger partial charge on any atom is -0.454 e. The Labute approximate surface area is 185 Å². The first-order valence-electron chi connectivity index (χ1n) is 11.0. The van der Waals surface area contributed by atoms with Gasteiger partial charge in [-0.2, -0.15) is 0 Å². The topological polar surface area (TPSA) is 77.1 Å². The van der Waals surface area contributed by atoms with Crippen LogP contribution in [-0.2, 0) is 20.7 Å². The molecule has 1 N–H and O–H groups in total. The summed E-state index contributed by atoms with van der Waals surface area (Å²) in [4.78, 5) is 28.3. The normalized spacial score (nSPS) is 28.9. The molecule has 7 nitrogen and oxygen atoms in total. The van der Waals surface area contributed by atoms with Crippen LogP contribution in [0.4, 0.5) is 5.69 Å². The van der Waals surface area contributed by atoms with Crippen LogP contribution in [-0.4, -0.2) is 43.4 Å². The summed E-state index contributed by atoms with van der Waals surface area (Å²) in [7, 11) is 0. The Kier molecular flexibility index (Phi) is 4.47. The predicted molar refractivity (Wildman–Crippen MR) is 116 cm³/mol. The summed E-state index contributed by atoms with van der Waals surface area (Å²) in [5, 5.41) is 3.04. The lowest BCUT2D eigenvalue weighted by molar-refractivity contribution is -0.131. The molecule has 0 saturated carbocycles. The quantitative estimate of drug-likeness (QED) is 0.561. The van der Waals surface area contributed by atoms with Crippen molar-refractivity contribution in [3.8, 4) is 11.5 Å². The van der Waals surface area contributed by atoms with Crippen LogP contribution < -0.4 is 19.7 Å². The van der Waals surface area contributed by atoms with Crippen molar-refractivity contribution in [1.29, 1.82) is 0 Å². The van der Waals surface area contributed by atoms with Crippen LogP contribution in [0.25, 0.3) is 0 Å². The number of nitrogens with one attached hydrogen (secondary N) is 1. The molecule has 2 aromatic carbocycles. The molecular weight excluding hydrogens is 408 g/mol. The monoisotopic (exact) mass is 432 g/mol. The van der Waals surface area contributed by atoms with E-state index in [1.54, 1.807) is 4.90 Å². The Bertz CT molecular complexity index is 1100. The highest BCUT2D eigenvalue weighted by atomic mass is 16.7. The molecule has 4 heterocycles. The Morgan fingerprint density at radius 1 is 1.12 bits per heavy atom. The summed E-state index contributed by atoms with van der Waals surface area (Å²) in [5.41, 5.74) is 1.23. The summed E-state index contributed by atoms with van der Waals surface area (Å²) in [5.74, 6) is 0.0718. The SMILES string of the molecule is O=C(NCCCc1ccccc1)[C@H]1[C@H]2C=C[C@@]3(CN(c4ccc5c(c4)OCO5)C(=O)[C@@H]13)O2. The highest BCUT2D eigenvalue weighted by molar-refractivity contribution is 6.03. The van der Waals surface area contributed by atoms with Crippen molar-refractivity contribution < 1.29 is 23.8 Å². The van der Waals surface area contributed by atoms with E-state index < -0.39 is 17.4 Å². The summed E-state index contributed by atoms with van der Waals surface area (Å²) in [6.45, 7) is 1.14. The Balaban J connectivity index is 1.15. The van der Waals surface area contributed by atoms with E-state index in [1.807, 2.05) is 48.6 Å². The van der Waals surface area contributed by atoms with E-state index in [-0.39, 0.29) is 24.7 Å². The number of anilines is 1. The standard InChI is InChI=1S/C25H24N2O5/c28-23(26-12-4-7-16-5-2-1-3-6-16)21-19-10-11-25(32-19)14-27(24(29)22(21)25)17-8-9-18-20(13-17)31-15-30-18/h1-3,5-6,8-11,13,19,21-22H,4,7,12,14-15H2,(H,26,28)/t19-,21+,22-,25+/m1/s1. The number of carbonyl (C=O) groups is 2. The van der Waals surface area contributed by atoms with Crippen LogP contribution in [0.5, 0.6) is 11.5 Å². The number of rotatable bonds is 6. The number of hydrogen-bond donors (Lipinski definition) is 1. The van der Waals surface area contributed by atoms with Gasteiger partial charge >= 0.3 is 0 Å². The van der Waals surface area contributed by atoms with Crippen molar-refractivity contribution in [2.24, 2.45) is 11.8 Å². The first-order chi connectivity index (χ1) is 15.6. The lowest BCUT2D eigenvalue weighted by atomic mass is 9.77. The van der Waals surface area contributed by atoms with Crippen LogP contribution >= 0.6 is 0 Å². The molecule has 2 aromatic rings. The second kappa shape index (κ2) is 7.38. The van der Waals surface area contributed by atoms with Crippen molar-refractivity contribution in [3.63, 3.8) is 0 Å². The van der Waals surface area contributed by atoms with Crippen LogP contribution in [0.15, 0.2) is 60.7 Å². The molecular formula is C25H24N2O5. The van der Waals surface area contributed by atoms with Gasteiger partial charge in [0.05, 0.1) is 24.5 Å². The molecule has 4 aliphatic heterocycles. The fourth-order valence-electron chi connectivity index (χ4n) is 5.34. The van der Waals surface area contributed by atoms with Crippen LogP contribution in [0.1, 0.15) is 12.0 Å². The Hall–Kier alpha value is -3.32. The Morgan fingerprint density at radius 2 is 1.97 bits per heavy atom. The fourth-order valence-corrected chi connectivity index (χ4v) is 5.34. The van der Waals surface area contributed by atoms with Gasteiger partial charge in [-0.05, 0) is 30.5 Å².